The summed E-state index contributed by atoms with van der Waals surface area (Å²) < 4.78 is 0. The van der Waals surface area contributed by atoms with Crippen LogP contribution in [-0.4, -0.2) is 34.0 Å². The fourth-order valence-corrected chi connectivity index (χ4v) is 2.41. The van der Waals surface area contributed by atoms with Gasteiger partial charge in [0.05, 0.1) is 6.54 Å². The van der Waals surface area contributed by atoms with Crippen LogP contribution in [0.2, 0.25) is 0 Å². The molecule has 0 saturated heterocycles. The average Bonchev–Trinajstić information content (AvgIpc) is 3.18. The standard InChI is InChI=1S/C16H28N4/c1-5-17-15-10-13(4)18-16(19-15)11-20(14-6-7-14)9-8-12(2)3/h10,12,14H,5-9,11H2,1-4H3,(H,17,18,19). The highest BCUT2D eigenvalue weighted by atomic mass is 15.2. The van der Waals surface area contributed by atoms with Crippen molar-refractivity contribution in [2.75, 3.05) is 18.4 Å². The second-order valence-electron chi connectivity index (χ2n) is 6.23. The number of aromatic nitrogens is 2. The van der Waals surface area contributed by atoms with Gasteiger partial charge < -0.3 is 5.32 Å². The van der Waals surface area contributed by atoms with Gasteiger partial charge in [0.2, 0.25) is 0 Å². The highest BCUT2D eigenvalue weighted by molar-refractivity contribution is 5.35. The zero-order valence-electron chi connectivity index (χ0n) is 13.3. The molecule has 1 heterocycles. The van der Waals surface area contributed by atoms with E-state index >= 15 is 0 Å². The number of anilines is 1. The van der Waals surface area contributed by atoms with E-state index in [1.165, 1.54) is 19.3 Å². The van der Waals surface area contributed by atoms with E-state index in [0.29, 0.717) is 0 Å². The fraction of sp³-hybridized carbons (Fsp3) is 0.750. The van der Waals surface area contributed by atoms with Crippen molar-refractivity contribution in [1.29, 1.82) is 0 Å². The molecule has 1 aromatic heterocycles. The third-order valence-electron chi connectivity index (χ3n) is 3.66. The van der Waals surface area contributed by atoms with E-state index in [2.05, 4.69) is 41.0 Å². The number of aryl methyl sites for hydroxylation is 1. The zero-order valence-corrected chi connectivity index (χ0v) is 13.3. The third kappa shape index (κ3) is 4.75. The minimum Gasteiger partial charge on any atom is -0.370 e. The molecule has 4 nitrogen and oxygen atoms in total. The van der Waals surface area contributed by atoms with Crippen LogP contribution in [0.3, 0.4) is 0 Å². The van der Waals surface area contributed by atoms with Crippen molar-refractivity contribution >= 4 is 5.82 Å². The van der Waals surface area contributed by atoms with Crippen LogP contribution in [0.15, 0.2) is 6.07 Å². The van der Waals surface area contributed by atoms with Crippen LogP contribution < -0.4 is 5.32 Å². The molecule has 4 heteroatoms. The van der Waals surface area contributed by atoms with Gasteiger partial charge in [0, 0.05) is 24.3 Å². The van der Waals surface area contributed by atoms with Gasteiger partial charge in [0.15, 0.2) is 0 Å². The molecule has 1 N–H and O–H groups in total. The van der Waals surface area contributed by atoms with Gasteiger partial charge in [0.1, 0.15) is 11.6 Å². The van der Waals surface area contributed by atoms with E-state index in [0.717, 1.165) is 48.9 Å². The molecule has 1 aliphatic carbocycles. The second-order valence-corrected chi connectivity index (χ2v) is 6.23. The molecule has 2 rings (SSSR count). The molecule has 1 saturated carbocycles. The summed E-state index contributed by atoms with van der Waals surface area (Å²) in [6.45, 7) is 11.7. The number of nitrogens with one attached hydrogen (secondary N) is 1. The molecule has 0 amide bonds. The van der Waals surface area contributed by atoms with Crippen molar-refractivity contribution in [3.8, 4) is 0 Å². The van der Waals surface area contributed by atoms with E-state index in [1.54, 1.807) is 0 Å². The molecule has 0 aromatic carbocycles. The van der Waals surface area contributed by atoms with Crippen LogP contribution in [0.1, 0.15) is 51.6 Å². The summed E-state index contributed by atoms with van der Waals surface area (Å²) in [6.07, 6.45) is 3.93. The summed E-state index contributed by atoms with van der Waals surface area (Å²) in [4.78, 5) is 11.8. The lowest BCUT2D eigenvalue weighted by Gasteiger charge is -2.22. The number of rotatable bonds is 8. The van der Waals surface area contributed by atoms with Gasteiger partial charge in [-0.05, 0) is 45.6 Å². The molecule has 0 spiro atoms. The van der Waals surface area contributed by atoms with Crippen molar-refractivity contribution in [1.82, 2.24) is 14.9 Å². The van der Waals surface area contributed by atoms with Gasteiger partial charge in [-0.2, -0.15) is 0 Å². The first kappa shape index (κ1) is 15.2. The highest BCUT2D eigenvalue weighted by Gasteiger charge is 2.29. The molecule has 0 atom stereocenters. The Labute approximate surface area is 123 Å². The lowest BCUT2D eigenvalue weighted by atomic mass is 10.1. The number of hydrogen-bond acceptors (Lipinski definition) is 4. The van der Waals surface area contributed by atoms with Crippen LogP contribution in [0.5, 0.6) is 0 Å². The number of hydrogen-bond donors (Lipinski definition) is 1. The van der Waals surface area contributed by atoms with Gasteiger partial charge in [-0.1, -0.05) is 13.8 Å². The first-order valence-electron chi connectivity index (χ1n) is 7.91. The zero-order chi connectivity index (χ0) is 14.5. The Morgan fingerprint density at radius 2 is 2.10 bits per heavy atom. The number of nitrogens with zero attached hydrogens (tertiary/aromatic N) is 3. The Morgan fingerprint density at radius 1 is 1.35 bits per heavy atom. The van der Waals surface area contributed by atoms with E-state index in [1.807, 2.05) is 13.0 Å². The first-order chi connectivity index (χ1) is 9.58. The Balaban J connectivity index is 2.01. The lowest BCUT2D eigenvalue weighted by Crippen LogP contribution is -2.28. The molecule has 0 aliphatic heterocycles. The molecule has 0 unspecified atom stereocenters. The molecular formula is C16H28N4. The van der Waals surface area contributed by atoms with Gasteiger partial charge in [-0.25, -0.2) is 9.97 Å². The van der Waals surface area contributed by atoms with E-state index in [-0.39, 0.29) is 0 Å². The third-order valence-corrected chi connectivity index (χ3v) is 3.66. The molecule has 1 fully saturated rings. The summed E-state index contributed by atoms with van der Waals surface area (Å²) in [5, 5.41) is 3.29. The van der Waals surface area contributed by atoms with Gasteiger partial charge in [-0.3, -0.25) is 4.90 Å². The van der Waals surface area contributed by atoms with E-state index in [9.17, 15) is 0 Å². The molecular weight excluding hydrogens is 248 g/mol. The Kier molecular flexibility index (Phi) is 5.35. The van der Waals surface area contributed by atoms with Crippen LogP contribution in [0.4, 0.5) is 5.82 Å². The van der Waals surface area contributed by atoms with Crippen molar-refractivity contribution in [2.24, 2.45) is 5.92 Å². The molecule has 0 bridgehead atoms. The quantitative estimate of drug-likeness (QED) is 0.791. The SMILES string of the molecule is CCNc1cc(C)nc(CN(CCC(C)C)C2CC2)n1. The van der Waals surface area contributed by atoms with E-state index in [4.69, 9.17) is 0 Å². The van der Waals surface area contributed by atoms with Crippen molar-refractivity contribution in [3.63, 3.8) is 0 Å². The molecule has 112 valence electrons. The van der Waals surface area contributed by atoms with Gasteiger partial charge in [0.25, 0.3) is 0 Å². The molecule has 1 aliphatic rings. The van der Waals surface area contributed by atoms with Crippen LogP contribution in [0.25, 0.3) is 0 Å². The largest absolute Gasteiger partial charge is 0.370 e. The van der Waals surface area contributed by atoms with Gasteiger partial charge in [-0.15, -0.1) is 0 Å². The predicted molar refractivity (Wildman–Crippen MR) is 83.8 cm³/mol. The minimum atomic E-state index is 0.756. The smallest absolute Gasteiger partial charge is 0.144 e. The maximum atomic E-state index is 4.64. The topological polar surface area (TPSA) is 41.1 Å². The summed E-state index contributed by atoms with van der Waals surface area (Å²) in [5.41, 5.74) is 1.05. The van der Waals surface area contributed by atoms with Crippen LogP contribution in [0, 0.1) is 12.8 Å². The lowest BCUT2D eigenvalue weighted by molar-refractivity contribution is 0.233. The first-order valence-corrected chi connectivity index (χ1v) is 7.91. The minimum absolute atomic E-state index is 0.756. The normalized spacial score (nSPS) is 15.1. The van der Waals surface area contributed by atoms with Crippen LogP contribution in [-0.2, 0) is 6.54 Å². The summed E-state index contributed by atoms with van der Waals surface area (Å²) in [6, 6.07) is 2.78. The molecule has 1 aromatic rings. The summed E-state index contributed by atoms with van der Waals surface area (Å²) in [7, 11) is 0. The second kappa shape index (κ2) is 7.02. The monoisotopic (exact) mass is 276 g/mol. The summed E-state index contributed by atoms with van der Waals surface area (Å²) in [5.74, 6) is 2.67. The van der Waals surface area contributed by atoms with E-state index < -0.39 is 0 Å². The maximum absolute atomic E-state index is 4.64. The highest BCUT2D eigenvalue weighted by Crippen LogP contribution is 2.28. The average molecular weight is 276 g/mol. The van der Waals surface area contributed by atoms with Crippen molar-refractivity contribution < 1.29 is 0 Å². The Morgan fingerprint density at radius 3 is 2.70 bits per heavy atom. The molecule has 20 heavy (non-hydrogen) atoms. The Hall–Kier alpha value is -1.16. The fourth-order valence-electron chi connectivity index (χ4n) is 2.41. The van der Waals surface area contributed by atoms with Crippen molar-refractivity contribution in [3.05, 3.63) is 17.6 Å². The van der Waals surface area contributed by atoms with Crippen molar-refractivity contribution in [2.45, 2.75) is 59.5 Å². The maximum Gasteiger partial charge on any atom is 0.144 e. The Bertz CT molecular complexity index is 426. The molecule has 0 radical (unpaired) electrons. The van der Waals surface area contributed by atoms with Crippen LogP contribution >= 0.6 is 0 Å². The predicted octanol–water partition coefficient (Wildman–Crippen LogP) is 3.23. The van der Waals surface area contributed by atoms with Gasteiger partial charge >= 0.3 is 0 Å². The summed E-state index contributed by atoms with van der Waals surface area (Å²) >= 11 is 0.